The molecule has 1 aromatic carbocycles. The molecule has 5 heteroatoms. The number of amides is 1. The molecule has 1 amide bonds. The highest BCUT2D eigenvalue weighted by molar-refractivity contribution is 5.70. The predicted octanol–water partition coefficient (Wildman–Crippen LogP) is 1.31. The monoisotopic (exact) mass is 251 g/mol. The SMILES string of the molecule is CC1OCCC1(O)CNC(=O)Oc1ccccc1. The highest BCUT2D eigenvalue weighted by Gasteiger charge is 2.39. The van der Waals surface area contributed by atoms with E-state index in [0.29, 0.717) is 18.8 Å². The van der Waals surface area contributed by atoms with Gasteiger partial charge in [0.15, 0.2) is 0 Å². The molecule has 1 saturated heterocycles. The summed E-state index contributed by atoms with van der Waals surface area (Å²) in [4.78, 5) is 11.5. The van der Waals surface area contributed by atoms with E-state index < -0.39 is 11.7 Å². The summed E-state index contributed by atoms with van der Waals surface area (Å²) in [5.74, 6) is 0.470. The lowest BCUT2D eigenvalue weighted by Gasteiger charge is -2.25. The zero-order valence-electron chi connectivity index (χ0n) is 10.3. The van der Waals surface area contributed by atoms with E-state index in [1.54, 1.807) is 31.2 Å². The first-order valence-electron chi connectivity index (χ1n) is 5.95. The Balaban J connectivity index is 1.82. The molecule has 0 bridgehead atoms. The van der Waals surface area contributed by atoms with Crippen LogP contribution >= 0.6 is 0 Å². The van der Waals surface area contributed by atoms with E-state index in [-0.39, 0.29) is 12.6 Å². The molecule has 98 valence electrons. The van der Waals surface area contributed by atoms with E-state index in [0.717, 1.165) is 0 Å². The van der Waals surface area contributed by atoms with Gasteiger partial charge in [0, 0.05) is 13.0 Å². The fraction of sp³-hybridized carbons (Fsp3) is 0.462. The topological polar surface area (TPSA) is 67.8 Å². The van der Waals surface area contributed by atoms with Gasteiger partial charge >= 0.3 is 6.09 Å². The molecular weight excluding hydrogens is 234 g/mol. The summed E-state index contributed by atoms with van der Waals surface area (Å²) in [5, 5.41) is 12.7. The van der Waals surface area contributed by atoms with Gasteiger partial charge in [-0.05, 0) is 19.1 Å². The van der Waals surface area contributed by atoms with Crippen LogP contribution in [0.25, 0.3) is 0 Å². The molecule has 0 radical (unpaired) electrons. The van der Waals surface area contributed by atoms with Crippen molar-refractivity contribution in [2.24, 2.45) is 0 Å². The van der Waals surface area contributed by atoms with E-state index in [2.05, 4.69) is 5.32 Å². The molecule has 1 aliphatic heterocycles. The molecule has 2 N–H and O–H groups in total. The normalized spacial score (nSPS) is 26.9. The second-order valence-corrected chi connectivity index (χ2v) is 4.42. The van der Waals surface area contributed by atoms with Crippen LogP contribution in [0.1, 0.15) is 13.3 Å². The minimum Gasteiger partial charge on any atom is -0.410 e. The Morgan fingerprint density at radius 2 is 2.28 bits per heavy atom. The minimum atomic E-state index is -1.00. The van der Waals surface area contributed by atoms with Gasteiger partial charge in [0.05, 0.1) is 12.6 Å². The van der Waals surface area contributed by atoms with Crippen LogP contribution in [0.4, 0.5) is 4.79 Å². The molecule has 1 heterocycles. The van der Waals surface area contributed by atoms with Crippen LogP contribution in [-0.4, -0.2) is 36.1 Å². The third-order valence-corrected chi connectivity index (χ3v) is 3.15. The first-order valence-corrected chi connectivity index (χ1v) is 5.95. The lowest BCUT2D eigenvalue weighted by atomic mass is 9.97. The number of aliphatic hydroxyl groups is 1. The molecule has 0 aromatic heterocycles. The summed E-state index contributed by atoms with van der Waals surface area (Å²) in [6.07, 6.45) is -0.344. The Morgan fingerprint density at radius 3 is 2.89 bits per heavy atom. The number of para-hydroxylation sites is 1. The molecule has 5 nitrogen and oxygen atoms in total. The van der Waals surface area contributed by atoms with Crippen LogP contribution < -0.4 is 10.1 Å². The van der Waals surface area contributed by atoms with Crippen molar-refractivity contribution >= 4 is 6.09 Å². The van der Waals surface area contributed by atoms with Gasteiger partial charge in [-0.1, -0.05) is 18.2 Å². The first-order chi connectivity index (χ1) is 8.60. The first kappa shape index (κ1) is 12.9. The van der Waals surface area contributed by atoms with E-state index in [1.807, 2.05) is 6.07 Å². The van der Waals surface area contributed by atoms with Gasteiger partial charge in [-0.25, -0.2) is 4.79 Å². The number of ether oxygens (including phenoxy) is 2. The summed E-state index contributed by atoms with van der Waals surface area (Å²) in [6.45, 7) is 2.42. The van der Waals surface area contributed by atoms with E-state index in [1.165, 1.54) is 0 Å². The number of carbonyl (C=O) groups excluding carboxylic acids is 1. The average molecular weight is 251 g/mol. The van der Waals surface area contributed by atoms with Crippen molar-refractivity contribution in [3.05, 3.63) is 30.3 Å². The highest BCUT2D eigenvalue weighted by Crippen LogP contribution is 2.24. The van der Waals surface area contributed by atoms with Crippen LogP contribution in [0.5, 0.6) is 5.75 Å². The quantitative estimate of drug-likeness (QED) is 0.850. The molecular formula is C13H17NO4. The van der Waals surface area contributed by atoms with E-state index in [4.69, 9.17) is 9.47 Å². The van der Waals surface area contributed by atoms with Gasteiger partial charge in [-0.2, -0.15) is 0 Å². The molecule has 0 spiro atoms. The maximum absolute atomic E-state index is 11.5. The fourth-order valence-electron chi connectivity index (χ4n) is 1.86. The standard InChI is InChI=1S/C13H17NO4/c1-10-13(16,7-8-17-10)9-14-12(15)18-11-5-3-2-4-6-11/h2-6,10,16H,7-9H2,1H3,(H,14,15). The van der Waals surface area contributed by atoms with E-state index in [9.17, 15) is 9.90 Å². The van der Waals surface area contributed by atoms with Gasteiger partial charge in [-0.15, -0.1) is 0 Å². The lowest BCUT2D eigenvalue weighted by Crippen LogP contribution is -2.48. The van der Waals surface area contributed by atoms with Crippen LogP contribution in [0.15, 0.2) is 30.3 Å². The summed E-state index contributed by atoms with van der Waals surface area (Å²) < 4.78 is 10.3. The smallest absolute Gasteiger partial charge is 0.410 e. The van der Waals surface area contributed by atoms with E-state index >= 15 is 0 Å². The van der Waals surface area contributed by atoms with Crippen molar-refractivity contribution in [3.63, 3.8) is 0 Å². The predicted molar refractivity (Wildman–Crippen MR) is 65.4 cm³/mol. The van der Waals surface area contributed by atoms with Crippen molar-refractivity contribution in [2.45, 2.75) is 25.0 Å². The van der Waals surface area contributed by atoms with Crippen molar-refractivity contribution in [1.29, 1.82) is 0 Å². The second-order valence-electron chi connectivity index (χ2n) is 4.42. The van der Waals surface area contributed by atoms with Gasteiger partial charge < -0.3 is 19.9 Å². The summed E-state index contributed by atoms with van der Waals surface area (Å²) in [7, 11) is 0. The number of rotatable bonds is 3. The van der Waals surface area contributed by atoms with Crippen molar-refractivity contribution < 1.29 is 19.4 Å². The Bertz CT molecular complexity index is 409. The maximum atomic E-state index is 11.5. The molecule has 1 aliphatic rings. The van der Waals surface area contributed by atoms with Crippen LogP contribution in [0.3, 0.4) is 0 Å². The minimum absolute atomic E-state index is 0.125. The Kier molecular flexibility index (Phi) is 3.84. The molecule has 0 saturated carbocycles. The van der Waals surface area contributed by atoms with Crippen molar-refractivity contribution in [3.8, 4) is 5.75 Å². The molecule has 1 fully saturated rings. The van der Waals surface area contributed by atoms with Crippen LogP contribution in [0.2, 0.25) is 0 Å². The van der Waals surface area contributed by atoms with Crippen LogP contribution in [0, 0.1) is 0 Å². The Morgan fingerprint density at radius 1 is 1.56 bits per heavy atom. The number of nitrogens with one attached hydrogen (secondary N) is 1. The highest BCUT2D eigenvalue weighted by atomic mass is 16.6. The number of hydrogen-bond acceptors (Lipinski definition) is 4. The molecule has 2 unspecified atom stereocenters. The Labute approximate surface area is 106 Å². The zero-order chi connectivity index (χ0) is 13.0. The molecule has 0 aliphatic carbocycles. The van der Waals surface area contributed by atoms with Crippen LogP contribution in [-0.2, 0) is 4.74 Å². The molecule has 2 atom stereocenters. The van der Waals surface area contributed by atoms with Crippen molar-refractivity contribution in [1.82, 2.24) is 5.32 Å². The maximum Gasteiger partial charge on any atom is 0.412 e. The lowest BCUT2D eigenvalue weighted by molar-refractivity contribution is -0.0250. The largest absolute Gasteiger partial charge is 0.412 e. The third-order valence-electron chi connectivity index (χ3n) is 3.15. The molecule has 1 aromatic rings. The third kappa shape index (κ3) is 3.00. The van der Waals surface area contributed by atoms with Gasteiger partial charge in [0.25, 0.3) is 0 Å². The Hall–Kier alpha value is -1.59. The van der Waals surface area contributed by atoms with Gasteiger partial charge in [0.1, 0.15) is 11.4 Å². The number of hydrogen-bond donors (Lipinski definition) is 2. The van der Waals surface area contributed by atoms with Crippen molar-refractivity contribution in [2.75, 3.05) is 13.2 Å². The van der Waals surface area contributed by atoms with Gasteiger partial charge in [-0.3, -0.25) is 0 Å². The molecule has 18 heavy (non-hydrogen) atoms. The summed E-state index contributed by atoms with van der Waals surface area (Å²) in [5.41, 5.74) is -1.00. The second kappa shape index (κ2) is 5.37. The van der Waals surface area contributed by atoms with Gasteiger partial charge in [0.2, 0.25) is 0 Å². The average Bonchev–Trinajstić information content (AvgIpc) is 2.69. The summed E-state index contributed by atoms with van der Waals surface area (Å²) >= 11 is 0. The number of benzene rings is 1. The number of carbonyl (C=O) groups is 1. The summed E-state index contributed by atoms with van der Waals surface area (Å²) in [6, 6.07) is 8.78. The fourth-order valence-corrected chi connectivity index (χ4v) is 1.86. The molecule has 2 rings (SSSR count). The zero-order valence-corrected chi connectivity index (χ0v) is 10.3.